The third kappa shape index (κ3) is 2.72. The molecule has 0 fully saturated rings. The van der Waals surface area contributed by atoms with Gasteiger partial charge in [-0.25, -0.2) is 4.79 Å². The molecule has 16 heavy (non-hydrogen) atoms. The van der Waals surface area contributed by atoms with Crippen LogP contribution in [0.2, 0.25) is 0 Å². The van der Waals surface area contributed by atoms with Crippen molar-refractivity contribution >= 4 is 17.7 Å². The SMILES string of the molecule is CCSc1ccc(C(F)(F)C(=O)OC)cc1. The van der Waals surface area contributed by atoms with E-state index in [1.807, 2.05) is 6.92 Å². The highest BCUT2D eigenvalue weighted by Gasteiger charge is 2.42. The Kier molecular flexibility index (Phi) is 4.29. The number of alkyl halides is 2. The third-order valence-electron chi connectivity index (χ3n) is 1.97. The van der Waals surface area contributed by atoms with Crippen LogP contribution < -0.4 is 0 Å². The van der Waals surface area contributed by atoms with E-state index in [1.165, 1.54) is 12.1 Å². The number of benzene rings is 1. The summed E-state index contributed by atoms with van der Waals surface area (Å²) in [6.45, 7) is 1.97. The fourth-order valence-electron chi connectivity index (χ4n) is 1.17. The highest BCUT2D eigenvalue weighted by atomic mass is 32.2. The lowest BCUT2D eigenvalue weighted by atomic mass is 10.1. The molecular formula is C11H12F2O2S. The molecule has 0 N–H and O–H groups in total. The number of rotatable bonds is 4. The van der Waals surface area contributed by atoms with Gasteiger partial charge in [0.05, 0.1) is 7.11 Å². The van der Waals surface area contributed by atoms with Gasteiger partial charge in [0.1, 0.15) is 0 Å². The molecule has 0 spiro atoms. The molecule has 0 atom stereocenters. The summed E-state index contributed by atoms with van der Waals surface area (Å²) in [7, 11) is 0.942. The van der Waals surface area contributed by atoms with Crippen LogP contribution in [0.3, 0.4) is 0 Å². The Balaban J connectivity index is 2.92. The van der Waals surface area contributed by atoms with Gasteiger partial charge in [0, 0.05) is 10.5 Å². The summed E-state index contributed by atoms with van der Waals surface area (Å²) in [5, 5.41) is 0. The third-order valence-corrected chi connectivity index (χ3v) is 2.86. The lowest BCUT2D eigenvalue weighted by molar-refractivity contribution is -0.170. The molecule has 88 valence electrons. The van der Waals surface area contributed by atoms with E-state index in [4.69, 9.17) is 0 Å². The molecule has 0 saturated carbocycles. The molecule has 0 aliphatic heterocycles. The normalized spacial score (nSPS) is 11.2. The molecule has 0 radical (unpaired) electrons. The number of hydrogen-bond donors (Lipinski definition) is 0. The van der Waals surface area contributed by atoms with E-state index in [2.05, 4.69) is 4.74 Å². The maximum atomic E-state index is 13.4. The Hall–Kier alpha value is -1.10. The van der Waals surface area contributed by atoms with E-state index in [1.54, 1.807) is 23.9 Å². The van der Waals surface area contributed by atoms with Crippen LogP contribution >= 0.6 is 11.8 Å². The Labute approximate surface area is 97.0 Å². The van der Waals surface area contributed by atoms with Gasteiger partial charge in [0.25, 0.3) is 0 Å². The van der Waals surface area contributed by atoms with Crippen molar-refractivity contribution < 1.29 is 18.3 Å². The minimum Gasteiger partial charge on any atom is -0.464 e. The molecule has 0 saturated heterocycles. The molecule has 0 bridgehead atoms. The van der Waals surface area contributed by atoms with Crippen LogP contribution in [0, 0.1) is 0 Å². The maximum Gasteiger partial charge on any atom is 0.381 e. The van der Waals surface area contributed by atoms with Gasteiger partial charge in [-0.3, -0.25) is 0 Å². The predicted octanol–water partition coefficient (Wildman–Crippen LogP) is 3.06. The number of halogens is 2. The summed E-state index contributed by atoms with van der Waals surface area (Å²) >= 11 is 1.55. The molecule has 5 heteroatoms. The second-order valence-corrected chi connectivity index (χ2v) is 4.36. The average Bonchev–Trinajstić information content (AvgIpc) is 2.29. The first kappa shape index (κ1) is 13.0. The zero-order chi connectivity index (χ0) is 12.2. The summed E-state index contributed by atoms with van der Waals surface area (Å²) in [6.07, 6.45) is 0. The van der Waals surface area contributed by atoms with Crippen molar-refractivity contribution in [2.45, 2.75) is 17.7 Å². The smallest absolute Gasteiger partial charge is 0.381 e. The van der Waals surface area contributed by atoms with Crippen LogP contribution in [0.1, 0.15) is 12.5 Å². The highest BCUT2D eigenvalue weighted by Crippen LogP contribution is 2.30. The molecule has 0 aliphatic rings. The van der Waals surface area contributed by atoms with Crippen molar-refractivity contribution in [3.63, 3.8) is 0 Å². The van der Waals surface area contributed by atoms with Crippen molar-refractivity contribution in [1.29, 1.82) is 0 Å². The summed E-state index contributed by atoms with van der Waals surface area (Å²) in [4.78, 5) is 11.8. The van der Waals surface area contributed by atoms with E-state index in [0.29, 0.717) is 0 Å². The fourth-order valence-corrected chi connectivity index (χ4v) is 1.84. The average molecular weight is 246 g/mol. The van der Waals surface area contributed by atoms with E-state index in [9.17, 15) is 13.6 Å². The van der Waals surface area contributed by atoms with Crippen molar-refractivity contribution in [2.24, 2.45) is 0 Å². The fraction of sp³-hybridized carbons (Fsp3) is 0.364. The van der Waals surface area contributed by atoms with Gasteiger partial charge in [-0.15, -0.1) is 11.8 Å². The summed E-state index contributed by atoms with van der Waals surface area (Å²) in [5.41, 5.74) is -0.347. The van der Waals surface area contributed by atoms with Gasteiger partial charge >= 0.3 is 11.9 Å². The van der Waals surface area contributed by atoms with Gasteiger partial charge in [0.15, 0.2) is 0 Å². The second-order valence-electron chi connectivity index (χ2n) is 3.02. The van der Waals surface area contributed by atoms with E-state index >= 15 is 0 Å². The van der Waals surface area contributed by atoms with Crippen LogP contribution in [0.4, 0.5) is 8.78 Å². The Morgan fingerprint density at radius 1 is 1.38 bits per heavy atom. The molecular weight excluding hydrogens is 234 g/mol. The lowest BCUT2D eigenvalue weighted by Gasteiger charge is -2.13. The lowest BCUT2D eigenvalue weighted by Crippen LogP contribution is -2.27. The van der Waals surface area contributed by atoms with Crippen molar-refractivity contribution in [3.05, 3.63) is 29.8 Å². The molecule has 1 aromatic rings. The molecule has 1 aromatic carbocycles. The molecule has 0 aromatic heterocycles. The summed E-state index contributed by atoms with van der Waals surface area (Å²) < 4.78 is 30.8. The quantitative estimate of drug-likeness (QED) is 0.603. The van der Waals surface area contributed by atoms with Crippen LogP contribution in [0.25, 0.3) is 0 Å². The molecule has 1 rings (SSSR count). The van der Waals surface area contributed by atoms with Crippen molar-refractivity contribution in [2.75, 3.05) is 12.9 Å². The van der Waals surface area contributed by atoms with Gasteiger partial charge in [-0.2, -0.15) is 8.78 Å². The number of carbonyl (C=O) groups excluding carboxylic acids is 1. The first-order chi connectivity index (χ1) is 7.52. The van der Waals surface area contributed by atoms with E-state index in [-0.39, 0.29) is 5.56 Å². The highest BCUT2D eigenvalue weighted by molar-refractivity contribution is 7.99. The zero-order valence-electron chi connectivity index (χ0n) is 9.00. The molecule has 0 unspecified atom stereocenters. The van der Waals surface area contributed by atoms with Crippen LogP contribution in [-0.4, -0.2) is 18.8 Å². The van der Waals surface area contributed by atoms with Crippen molar-refractivity contribution in [1.82, 2.24) is 0 Å². The minimum atomic E-state index is -3.58. The standard InChI is InChI=1S/C11H12F2O2S/c1-3-16-9-6-4-8(5-7-9)11(12,13)10(14)15-2/h4-7H,3H2,1-2H3. The van der Waals surface area contributed by atoms with Gasteiger partial charge < -0.3 is 4.74 Å². The number of methoxy groups -OCH3 is 1. The monoisotopic (exact) mass is 246 g/mol. The topological polar surface area (TPSA) is 26.3 Å². The number of carbonyl (C=O) groups is 1. The van der Waals surface area contributed by atoms with Gasteiger partial charge in [-0.1, -0.05) is 19.1 Å². The van der Waals surface area contributed by atoms with Crippen LogP contribution in [-0.2, 0) is 15.5 Å². The number of thioether (sulfide) groups is 1. The largest absolute Gasteiger partial charge is 0.464 e. The second kappa shape index (κ2) is 5.30. The van der Waals surface area contributed by atoms with E-state index in [0.717, 1.165) is 17.8 Å². The molecule has 0 amide bonds. The number of esters is 1. The van der Waals surface area contributed by atoms with Gasteiger partial charge in [-0.05, 0) is 17.9 Å². The number of hydrogen-bond acceptors (Lipinski definition) is 3. The summed E-state index contributed by atoms with van der Waals surface area (Å²) in [6, 6.07) is 5.63. The minimum absolute atomic E-state index is 0.347. The molecule has 0 aliphatic carbocycles. The Morgan fingerprint density at radius 2 is 1.94 bits per heavy atom. The van der Waals surface area contributed by atoms with Crippen molar-refractivity contribution in [3.8, 4) is 0 Å². The maximum absolute atomic E-state index is 13.4. The summed E-state index contributed by atoms with van der Waals surface area (Å²) in [5.74, 6) is -4.25. The van der Waals surface area contributed by atoms with Crippen LogP contribution in [0.15, 0.2) is 29.2 Å². The Bertz CT molecular complexity index is 363. The van der Waals surface area contributed by atoms with E-state index < -0.39 is 11.9 Å². The number of ether oxygens (including phenoxy) is 1. The molecule has 0 heterocycles. The van der Waals surface area contributed by atoms with Crippen LogP contribution in [0.5, 0.6) is 0 Å². The first-order valence-electron chi connectivity index (χ1n) is 4.72. The predicted molar refractivity (Wildman–Crippen MR) is 58.8 cm³/mol. The Morgan fingerprint density at radius 3 is 2.38 bits per heavy atom. The zero-order valence-corrected chi connectivity index (χ0v) is 9.81. The van der Waals surface area contributed by atoms with Gasteiger partial charge in [0.2, 0.25) is 0 Å². The molecule has 2 nitrogen and oxygen atoms in total. The first-order valence-corrected chi connectivity index (χ1v) is 5.70.